The van der Waals surface area contributed by atoms with Gasteiger partial charge in [0.25, 0.3) is 0 Å². The second-order valence-electron chi connectivity index (χ2n) is 15.9. The van der Waals surface area contributed by atoms with Crippen molar-refractivity contribution in [2.24, 2.45) is 0 Å². The Kier molecular flexibility index (Phi) is 9.54. The van der Waals surface area contributed by atoms with E-state index in [1.54, 1.807) is 0 Å². The van der Waals surface area contributed by atoms with E-state index in [1.165, 1.54) is 16.7 Å². The van der Waals surface area contributed by atoms with E-state index in [0.717, 1.165) is 77.4 Å². The summed E-state index contributed by atoms with van der Waals surface area (Å²) in [6.45, 7) is 9.09. The van der Waals surface area contributed by atoms with Crippen LogP contribution in [0, 0.1) is 0 Å². The molecule has 0 heterocycles. The molecular formula is C56H44O4. The fourth-order valence-electron chi connectivity index (χ4n) is 8.68. The van der Waals surface area contributed by atoms with Crippen LogP contribution in [-0.4, -0.2) is 0 Å². The number of hydrogen-bond acceptors (Lipinski definition) is 4. The van der Waals surface area contributed by atoms with Crippen molar-refractivity contribution in [1.29, 1.82) is 0 Å². The maximum absolute atomic E-state index is 7.36. The minimum absolute atomic E-state index is 0.256. The fraction of sp³-hybridized carbons (Fsp3) is 0.107. The highest BCUT2D eigenvalue weighted by Gasteiger charge is 2.29. The zero-order valence-corrected chi connectivity index (χ0v) is 34.1. The van der Waals surface area contributed by atoms with Gasteiger partial charge >= 0.3 is 0 Å². The lowest BCUT2D eigenvalue weighted by molar-refractivity contribution is 0.483. The molecule has 0 aliphatic rings. The minimum Gasteiger partial charge on any atom is -0.457 e. The highest BCUT2D eigenvalue weighted by Crippen LogP contribution is 2.57. The van der Waals surface area contributed by atoms with Crippen molar-refractivity contribution in [3.8, 4) is 57.1 Å². The van der Waals surface area contributed by atoms with E-state index in [1.807, 2.05) is 121 Å². The zero-order chi connectivity index (χ0) is 40.7. The van der Waals surface area contributed by atoms with E-state index >= 15 is 0 Å². The normalized spacial score (nSPS) is 11.6. The number of hydrogen-bond donors (Lipinski definition) is 0. The van der Waals surface area contributed by atoms with Gasteiger partial charge < -0.3 is 18.9 Å². The zero-order valence-electron chi connectivity index (χ0n) is 34.1. The summed E-state index contributed by atoms with van der Waals surface area (Å²) in [5, 5.41) is 7.80. The van der Waals surface area contributed by atoms with E-state index in [0.29, 0.717) is 17.2 Å². The molecular weight excluding hydrogens is 737 g/mol. The summed E-state index contributed by atoms with van der Waals surface area (Å²) >= 11 is 0. The van der Waals surface area contributed by atoms with Gasteiger partial charge in [-0.2, -0.15) is 0 Å². The van der Waals surface area contributed by atoms with Gasteiger partial charge in [-0.3, -0.25) is 0 Å². The van der Waals surface area contributed by atoms with Gasteiger partial charge in [-0.05, 0) is 112 Å². The predicted octanol–water partition coefficient (Wildman–Crippen LogP) is 16.8. The second kappa shape index (κ2) is 15.5. The highest BCUT2D eigenvalue weighted by atomic mass is 16.5. The van der Waals surface area contributed by atoms with Crippen LogP contribution >= 0.6 is 0 Å². The Morgan fingerprint density at radius 2 is 0.683 bits per heavy atom. The van der Waals surface area contributed by atoms with E-state index in [-0.39, 0.29) is 11.8 Å². The van der Waals surface area contributed by atoms with Crippen LogP contribution < -0.4 is 18.9 Å². The molecule has 0 amide bonds. The third kappa shape index (κ3) is 6.60. The predicted molar refractivity (Wildman–Crippen MR) is 247 cm³/mol. The van der Waals surface area contributed by atoms with Gasteiger partial charge in [0.15, 0.2) is 0 Å². The second-order valence-corrected chi connectivity index (χ2v) is 15.9. The van der Waals surface area contributed by atoms with Gasteiger partial charge in [0, 0.05) is 37.9 Å². The Hall–Kier alpha value is -7.30. The maximum atomic E-state index is 7.36. The van der Waals surface area contributed by atoms with Gasteiger partial charge in [-0.1, -0.05) is 137 Å². The third-order valence-corrected chi connectivity index (χ3v) is 11.3. The van der Waals surface area contributed by atoms with Gasteiger partial charge in [0.1, 0.15) is 46.0 Å². The van der Waals surface area contributed by atoms with E-state index in [4.69, 9.17) is 18.9 Å². The number of fused-ring (bicyclic) bond motifs is 2. The summed E-state index contributed by atoms with van der Waals surface area (Å²) < 4.78 is 28.1. The van der Waals surface area contributed by atoms with Crippen LogP contribution in [0.25, 0.3) is 54.2 Å². The lowest BCUT2D eigenvalue weighted by Crippen LogP contribution is -2.03. The van der Waals surface area contributed by atoms with Gasteiger partial charge in [-0.15, -0.1) is 0 Å². The van der Waals surface area contributed by atoms with Crippen LogP contribution in [0.3, 0.4) is 0 Å². The Morgan fingerprint density at radius 1 is 0.317 bits per heavy atom. The topological polar surface area (TPSA) is 36.9 Å². The van der Waals surface area contributed by atoms with Crippen LogP contribution in [0.2, 0.25) is 0 Å². The molecule has 0 unspecified atom stereocenters. The average molecular weight is 781 g/mol. The van der Waals surface area contributed by atoms with Crippen molar-refractivity contribution in [2.45, 2.75) is 39.5 Å². The molecule has 0 aromatic heterocycles. The van der Waals surface area contributed by atoms with E-state index in [2.05, 4.69) is 88.4 Å². The maximum Gasteiger partial charge on any atom is 0.143 e. The molecule has 0 fully saturated rings. The molecule has 0 spiro atoms. The quantitative estimate of drug-likeness (QED) is 0.0968. The third-order valence-electron chi connectivity index (χ3n) is 11.3. The van der Waals surface area contributed by atoms with E-state index in [9.17, 15) is 0 Å². The molecule has 10 rings (SSSR count). The monoisotopic (exact) mass is 780 g/mol. The Morgan fingerprint density at radius 3 is 1.10 bits per heavy atom. The molecule has 0 aliphatic carbocycles. The van der Waals surface area contributed by atoms with Crippen molar-refractivity contribution < 1.29 is 18.9 Å². The highest BCUT2D eigenvalue weighted by molar-refractivity contribution is 6.38. The largest absolute Gasteiger partial charge is 0.457 e. The first-order valence-corrected chi connectivity index (χ1v) is 20.7. The van der Waals surface area contributed by atoms with Crippen molar-refractivity contribution >= 4 is 43.1 Å². The van der Waals surface area contributed by atoms with Crippen LogP contribution in [0.5, 0.6) is 46.0 Å². The van der Waals surface area contributed by atoms with E-state index < -0.39 is 0 Å². The molecule has 0 aliphatic heterocycles. The SMILES string of the molecule is CC(C)c1cccc(C(C)C)c1-c1cc2ccc(Oc3ccccc3)c3c4c(Oc5ccccc5)ccc5ccc(Oc6ccccc6)c(c(c1Oc1ccccc1)c23)c54. The number of ether oxygens (including phenoxy) is 4. The lowest BCUT2D eigenvalue weighted by atomic mass is 9.81. The Labute approximate surface area is 350 Å². The number of rotatable bonds is 11. The summed E-state index contributed by atoms with van der Waals surface area (Å²) in [6.07, 6.45) is 0. The Balaban J connectivity index is 1.45. The molecule has 0 bridgehead atoms. The summed E-state index contributed by atoms with van der Waals surface area (Å²) in [5.74, 6) is 6.37. The standard InChI is InChI=1S/C56H44O4/c1-35(2)43-26-17-27-44(36(3)4)51(43)45-34-38-30-33-47(58-40-20-11-6-12-21-40)53-50(38)55(56(45)60-42-24-15-8-16-25-42)54-48(59-41-22-13-7-14-23-41)32-29-37-28-31-46(52(53)49(37)54)57-39-18-9-5-10-19-39/h5-36H,1-4H3. The molecule has 4 nitrogen and oxygen atoms in total. The fourth-order valence-corrected chi connectivity index (χ4v) is 8.68. The molecule has 0 saturated carbocycles. The number of benzene rings is 10. The molecule has 10 aromatic rings. The van der Waals surface area contributed by atoms with Crippen LogP contribution in [0.15, 0.2) is 182 Å². The van der Waals surface area contributed by atoms with Crippen LogP contribution in [0.1, 0.15) is 50.7 Å². The van der Waals surface area contributed by atoms with Gasteiger partial charge in [0.05, 0.1) is 0 Å². The first kappa shape index (κ1) is 37.0. The van der Waals surface area contributed by atoms with Crippen molar-refractivity contribution in [1.82, 2.24) is 0 Å². The first-order valence-electron chi connectivity index (χ1n) is 20.7. The average Bonchev–Trinajstić information content (AvgIpc) is 3.28. The minimum atomic E-state index is 0.256. The van der Waals surface area contributed by atoms with Crippen LogP contribution in [-0.2, 0) is 0 Å². The molecule has 0 saturated heterocycles. The van der Waals surface area contributed by atoms with Crippen LogP contribution in [0.4, 0.5) is 0 Å². The summed E-state index contributed by atoms with van der Waals surface area (Å²) in [6, 6.07) is 61.9. The smallest absolute Gasteiger partial charge is 0.143 e. The van der Waals surface area contributed by atoms with Crippen molar-refractivity contribution in [2.75, 3.05) is 0 Å². The lowest BCUT2D eigenvalue weighted by Gasteiger charge is -2.26. The first-order chi connectivity index (χ1) is 29.4. The van der Waals surface area contributed by atoms with Gasteiger partial charge in [0.2, 0.25) is 0 Å². The summed E-state index contributed by atoms with van der Waals surface area (Å²) in [4.78, 5) is 0. The molecule has 0 radical (unpaired) electrons. The number of para-hydroxylation sites is 4. The molecule has 0 N–H and O–H groups in total. The summed E-state index contributed by atoms with van der Waals surface area (Å²) in [7, 11) is 0. The molecule has 10 aromatic carbocycles. The van der Waals surface area contributed by atoms with Gasteiger partial charge in [-0.25, -0.2) is 0 Å². The molecule has 4 heteroatoms. The Bertz CT molecular complexity index is 3090. The summed E-state index contributed by atoms with van der Waals surface area (Å²) in [5.41, 5.74) is 4.76. The molecule has 60 heavy (non-hydrogen) atoms. The molecule has 292 valence electrons. The molecule has 0 atom stereocenters. The van der Waals surface area contributed by atoms with Crippen molar-refractivity contribution in [3.05, 3.63) is 193 Å². The van der Waals surface area contributed by atoms with Crippen molar-refractivity contribution in [3.63, 3.8) is 0 Å².